The van der Waals surface area contributed by atoms with Crippen molar-refractivity contribution in [1.29, 1.82) is 0 Å². The molecule has 3 heteroatoms. The number of benzene rings is 9. The fourth-order valence-corrected chi connectivity index (χ4v) is 8.13. The van der Waals surface area contributed by atoms with Gasteiger partial charge in [0.2, 0.25) is 0 Å². The first kappa shape index (κ1) is 32.8. The molecular weight excluding hydrogens is 693 g/mol. The second kappa shape index (κ2) is 13.6. The van der Waals surface area contributed by atoms with Gasteiger partial charge < -0.3 is 4.42 Å². The summed E-state index contributed by atoms with van der Waals surface area (Å²) in [6.45, 7) is 0. The number of hydrogen-bond donors (Lipinski definition) is 0. The SMILES string of the molecule is c1ccc(-c2cc(-c3ccc(-c4ccc(-c5ccc6oc7c8ccccc8c(-c8ccc9ccccc9c8)cc7c6c5)cc4)cc3)nc(-c3ccccc3)n2)cc1. The van der Waals surface area contributed by atoms with Gasteiger partial charge in [-0.25, -0.2) is 9.97 Å². The molecule has 0 bridgehead atoms. The lowest BCUT2D eigenvalue weighted by Gasteiger charge is -2.10. The average molecular weight is 727 g/mol. The van der Waals surface area contributed by atoms with Crippen LogP contribution in [0.2, 0.25) is 0 Å². The van der Waals surface area contributed by atoms with E-state index in [1.807, 2.05) is 36.4 Å². The second-order valence-electron chi connectivity index (χ2n) is 14.6. The van der Waals surface area contributed by atoms with Crippen molar-refractivity contribution < 1.29 is 4.42 Å². The van der Waals surface area contributed by atoms with E-state index in [-0.39, 0.29) is 0 Å². The first-order chi connectivity index (χ1) is 28.2. The maximum Gasteiger partial charge on any atom is 0.160 e. The predicted octanol–water partition coefficient (Wildman–Crippen LogP) is 14.7. The summed E-state index contributed by atoms with van der Waals surface area (Å²) in [6.07, 6.45) is 0. The van der Waals surface area contributed by atoms with Gasteiger partial charge in [0.05, 0.1) is 11.4 Å². The maximum atomic E-state index is 6.59. The molecule has 2 heterocycles. The van der Waals surface area contributed by atoms with Crippen LogP contribution < -0.4 is 0 Å². The minimum atomic E-state index is 0.715. The Morgan fingerprint density at radius 2 is 0.825 bits per heavy atom. The van der Waals surface area contributed by atoms with Gasteiger partial charge in [-0.2, -0.15) is 0 Å². The van der Waals surface area contributed by atoms with Gasteiger partial charge in [-0.05, 0) is 79.9 Å². The summed E-state index contributed by atoms with van der Waals surface area (Å²) in [5.74, 6) is 0.715. The summed E-state index contributed by atoms with van der Waals surface area (Å²) in [5, 5.41) is 7.03. The number of rotatable bonds is 6. The summed E-state index contributed by atoms with van der Waals surface area (Å²) in [4.78, 5) is 9.96. The Labute approximate surface area is 330 Å². The zero-order valence-electron chi connectivity index (χ0n) is 30.9. The van der Waals surface area contributed by atoms with E-state index in [0.717, 1.165) is 77.7 Å². The molecule has 9 aromatic carbocycles. The number of furan rings is 1. The molecule has 11 rings (SSSR count). The Bertz CT molecular complexity index is 3200. The van der Waals surface area contributed by atoms with Crippen LogP contribution in [0.3, 0.4) is 0 Å². The summed E-state index contributed by atoms with van der Waals surface area (Å²) in [7, 11) is 0. The second-order valence-corrected chi connectivity index (χ2v) is 14.6. The summed E-state index contributed by atoms with van der Waals surface area (Å²) in [5.41, 5.74) is 13.7. The predicted molar refractivity (Wildman–Crippen MR) is 237 cm³/mol. The molecule has 2 aromatic heterocycles. The van der Waals surface area contributed by atoms with Gasteiger partial charge in [-0.15, -0.1) is 0 Å². The number of aromatic nitrogens is 2. The van der Waals surface area contributed by atoms with E-state index in [2.05, 4.69) is 170 Å². The highest BCUT2D eigenvalue weighted by molar-refractivity contribution is 6.19. The Morgan fingerprint density at radius 1 is 0.298 bits per heavy atom. The smallest absolute Gasteiger partial charge is 0.160 e. The molecule has 0 spiro atoms. The molecule has 0 N–H and O–H groups in total. The topological polar surface area (TPSA) is 38.9 Å². The van der Waals surface area contributed by atoms with E-state index < -0.39 is 0 Å². The van der Waals surface area contributed by atoms with E-state index in [1.54, 1.807) is 0 Å². The van der Waals surface area contributed by atoms with Crippen LogP contribution in [0.15, 0.2) is 211 Å². The molecule has 266 valence electrons. The van der Waals surface area contributed by atoms with Crippen molar-refractivity contribution in [2.45, 2.75) is 0 Å². The highest BCUT2D eigenvalue weighted by Gasteiger charge is 2.16. The number of fused-ring (bicyclic) bond motifs is 6. The monoisotopic (exact) mass is 726 g/mol. The largest absolute Gasteiger partial charge is 0.455 e. The highest BCUT2D eigenvalue weighted by atomic mass is 16.3. The normalized spacial score (nSPS) is 11.5. The summed E-state index contributed by atoms with van der Waals surface area (Å²) < 4.78 is 6.59. The van der Waals surface area contributed by atoms with Gasteiger partial charge in [0.25, 0.3) is 0 Å². The van der Waals surface area contributed by atoms with E-state index in [9.17, 15) is 0 Å². The molecule has 0 fully saturated rings. The Balaban J connectivity index is 0.927. The first-order valence-electron chi connectivity index (χ1n) is 19.3. The summed E-state index contributed by atoms with van der Waals surface area (Å²) in [6, 6.07) is 72.8. The van der Waals surface area contributed by atoms with Gasteiger partial charge in [0.15, 0.2) is 5.82 Å². The van der Waals surface area contributed by atoms with E-state index >= 15 is 0 Å². The van der Waals surface area contributed by atoms with E-state index in [1.165, 1.54) is 27.3 Å². The van der Waals surface area contributed by atoms with Gasteiger partial charge in [0.1, 0.15) is 11.2 Å². The van der Waals surface area contributed by atoms with Crippen molar-refractivity contribution >= 4 is 43.5 Å². The van der Waals surface area contributed by atoms with Crippen LogP contribution >= 0.6 is 0 Å². The molecule has 0 unspecified atom stereocenters. The van der Waals surface area contributed by atoms with Gasteiger partial charge >= 0.3 is 0 Å². The fraction of sp³-hybridized carbons (Fsp3) is 0. The van der Waals surface area contributed by atoms with Crippen LogP contribution in [-0.2, 0) is 0 Å². The molecule has 0 saturated carbocycles. The van der Waals surface area contributed by atoms with Crippen molar-refractivity contribution in [3.05, 3.63) is 206 Å². The Morgan fingerprint density at radius 3 is 1.53 bits per heavy atom. The molecule has 0 aliphatic carbocycles. The minimum absolute atomic E-state index is 0.715. The van der Waals surface area contributed by atoms with Crippen LogP contribution in [0.4, 0.5) is 0 Å². The third kappa shape index (κ3) is 5.94. The van der Waals surface area contributed by atoms with Crippen LogP contribution in [0, 0.1) is 0 Å². The highest BCUT2D eigenvalue weighted by Crippen LogP contribution is 2.41. The third-order valence-electron chi connectivity index (χ3n) is 11.1. The lowest BCUT2D eigenvalue weighted by atomic mass is 9.93. The van der Waals surface area contributed by atoms with Gasteiger partial charge in [-0.1, -0.05) is 176 Å². The molecule has 0 amide bonds. The lowest BCUT2D eigenvalue weighted by Crippen LogP contribution is -1.95. The van der Waals surface area contributed by atoms with Gasteiger partial charge in [0, 0.05) is 32.8 Å². The third-order valence-corrected chi connectivity index (χ3v) is 11.1. The summed E-state index contributed by atoms with van der Waals surface area (Å²) >= 11 is 0. The van der Waals surface area contributed by atoms with Crippen molar-refractivity contribution in [2.24, 2.45) is 0 Å². The average Bonchev–Trinajstić information content (AvgIpc) is 3.67. The molecule has 3 nitrogen and oxygen atoms in total. The molecule has 0 aliphatic rings. The Hall–Kier alpha value is -7.62. The van der Waals surface area contributed by atoms with Crippen molar-refractivity contribution in [3.8, 4) is 67.3 Å². The van der Waals surface area contributed by atoms with E-state index in [0.29, 0.717) is 5.82 Å². The van der Waals surface area contributed by atoms with E-state index in [4.69, 9.17) is 14.4 Å². The van der Waals surface area contributed by atoms with Gasteiger partial charge in [-0.3, -0.25) is 0 Å². The molecular formula is C54H34N2O. The zero-order chi connectivity index (χ0) is 37.7. The fourth-order valence-electron chi connectivity index (χ4n) is 8.13. The van der Waals surface area contributed by atoms with Crippen molar-refractivity contribution in [2.75, 3.05) is 0 Å². The molecule has 0 atom stereocenters. The van der Waals surface area contributed by atoms with Crippen molar-refractivity contribution in [1.82, 2.24) is 9.97 Å². The zero-order valence-corrected chi connectivity index (χ0v) is 30.9. The Kier molecular flexibility index (Phi) is 7.82. The molecule has 11 aromatic rings. The molecule has 0 radical (unpaired) electrons. The quantitative estimate of drug-likeness (QED) is 0.171. The number of hydrogen-bond acceptors (Lipinski definition) is 3. The van der Waals surface area contributed by atoms with Crippen molar-refractivity contribution in [3.63, 3.8) is 0 Å². The molecule has 57 heavy (non-hydrogen) atoms. The lowest BCUT2D eigenvalue weighted by molar-refractivity contribution is 0.673. The number of nitrogens with zero attached hydrogens (tertiary/aromatic N) is 2. The maximum absolute atomic E-state index is 6.59. The van der Waals surface area contributed by atoms with Crippen LogP contribution in [0.1, 0.15) is 0 Å². The van der Waals surface area contributed by atoms with Crippen LogP contribution in [0.5, 0.6) is 0 Å². The minimum Gasteiger partial charge on any atom is -0.455 e. The van der Waals surface area contributed by atoms with Crippen LogP contribution in [-0.4, -0.2) is 9.97 Å². The standard InChI is InChI=1S/C54H34N2O/c1-3-12-39(13-4-1)50-34-51(56-54(55-50)41-14-5-2-6-15-41)40-26-23-37(24-27-40)36-19-21-38(22-20-36)43-29-30-52-48(32-43)49-33-47(45-17-9-10-18-46(45)53(49)57-52)44-28-25-35-11-7-8-16-42(35)31-44/h1-34H. The molecule has 0 saturated heterocycles. The molecule has 0 aliphatic heterocycles. The van der Waals surface area contributed by atoms with Crippen LogP contribution in [0.25, 0.3) is 111 Å². The first-order valence-corrected chi connectivity index (χ1v) is 19.3.